The number of aromatic hydroxyl groups is 1. The second-order valence-corrected chi connectivity index (χ2v) is 5.20. The van der Waals surface area contributed by atoms with Crippen molar-refractivity contribution in [1.29, 1.82) is 0 Å². The lowest BCUT2D eigenvalue weighted by Crippen LogP contribution is -2.32. The lowest BCUT2D eigenvalue weighted by Gasteiger charge is -2.15. The lowest BCUT2D eigenvalue weighted by molar-refractivity contribution is 0.210. The van der Waals surface area contributed by atoms with Crippen LogP contribution in [0, 0.1) is 6.92 Å². The molecule has 1 aliphatic heterocycles. The zero-order chi connectivity index (χ0) is 16.4. The number of likely N-dealkylation sites (tertiary alicyclic amines) is 1. The molecule has 0 saturated carbocycles. The van der Waals surface area contributed by atoms with Gasteiger partial charge in [-0.15, -0.1) is 20.4 Å². The van der Waals surface area contributed by atoms with Crippen molar-refractivity contribution in [1.82, 2.24) is 24.8 Å². The highest BCUT2D eigenvalue weighted by atomic mass is 16.5. The van der Waals surface area contributed by atoms with Crippen LogP contribution in [-0.2, 0) is 6.42 Å². The molecule has 0 bridgehead atoms. The molecule has 0 aliphatic carbocycles. The molecule has 3 heterocycles. The first kappa shape index (κ1) is 15.1. The molecule has 0 spiro atoms. The molecule has 1 saturated heterocycles. The van der Waals surface area contributed by atoms with Gasteiger partial charge in [0.1, 0.15) is 11.5 Å². The van der Waals surface area contributed by atoms with Gasteiger partial charge in [0.15, 0.2) is 5.69 Å². The van der Waals surface area contributed by atoms with E-state index in [0.717, 1.165) is 12.8 Å². The van der Waals surface area contributed by atoms with Gasteiger partial charge < -0.3 is 14.5 Å². The molecule has 0 atom stereocenters. The summed E-state index contributed by atoms with van der Waals surface area (Å²) in [4.78, 5) is 14.3. The van der Waals surface area contributed by atoms with Gasteiger partial charge >= 0.3 is 12.0 Å². The van der Waals surface area contributed by atoms with E-state index in [0.29, 0.717) is 31.0 Å². The Labute approximate surface area is 131 Å². The summed E-state index contributed by atoms with van der Waals surface area (Å²) in [6, 6.07) is -0.218. The summed E-state index contributed by atoms with van der Waals surface area (Å²) in [7, 11) is 0. The first-order chi connectivity index (χ1) is 11.1. The minimum absolute atomic E-state index is 0.0575. The standard InChI is InChI=1S/C13H17N7O3/c1-3-9-10(11(21)23-18-9)15-17-12-16-14-8(2)20(12)13(22)19-6-4-5-7-19/h21H,3-7H2,1-2H3. The third-order valence-electron chi connectivity index (χ3n) is 3.67. The molecule has 0 radical (unpaired) electrons. The van der Waals surface area contributed by atoms with Crippen LogP contribution in [0.4, 0.5) is 16.4 Å². The molecule has 10 nitrogen and oxygen atoms in total. The average Bonchev–Trinajstić information content (AvgIpc) is 3.25. The maximum Gasteiger partial charge on any atom is 0.337 e. The number of aryl methyl sites for hydroxylation is 2. The van der Waals surface area contributed by atoms with Gasteiger partial charge in [-0.05, 0) is 26.2 Å². The molecule has 23 heavy (non-hydrogen) atoms. The van der Waals surface area contributed by atoms with Gasteiger partial charge in [-0.25, -0.2) is 9.36 Å². The highest BCUT2D eigenvalue weighted by molar-refractivity contribution is 5.80. The fourth-order valence-corrected chi connectivity index (χ4v) is 2.43. The minimum Gasteiger partial charge on any atom is -0.478 e. The summed E-state index contributed by atoms with van der Waals surface area (Å²) in [5.41, 5.74) is 0.605. The second kappa shape index (κ2) is 6.15. The van der Waals surface area contributed by atoms with Crippen LogP contribution in [0.5, 0.6) is 5.95 Å². The normalized spacial score (nSPS) is 15.0. The highest BCUT2D eigenvalue weighted by Gasteiger charge is 2.24. The van der Waals surface area contributed by atoms with Gasteiger partial charge in [0, 0.05) is 13.1 Å². The van der Waals surface area contributed by atoms with Gasteiger partial charge in [-0.1, -0.05) is 12.1 Å². The summed E-state index contributed by atoms with van der Waals surface area (Å²) < 4.78 is 5.98. The van der Waals surface area contributed by atoms with Crippen LogP contribution in [0.1, 0.15) is 31.3 Å². The Bertz CT molecular complexity index is 743. The molecule has 0 aromatic carbocycles. The average molecular weight is 319 g/mol. The predicted molar refractivity (Wildman–Crippen MR) is 78.1 cm³/mol. The molecule has 1 fully saturated rings. The molecule has 1 aliphatic rings. The summed E-state index contributed by atoms with van der Waals surface area (Å²) in [6.45, 7) is 4.94. The van der Waals surface area contributed by atoms with Gasteiger partial charge in [0.05, 0.1) is 0 Å². The number of rotatable bonds is 3. The number of amides is 1. The number of carbonyl (C=O) groups is 1. The van der Waals surface area contributed by atoms with Crippen molar-refractivity contribution in [3.05, 3.63) is 11.5 Å². The van der Waals surface area contributed by atoms with Crippen LogP contribution in [0.25, 0.3) is 0 Å². The Balaban J connectivity index is 1.90. The van der Waals surface area contributed by atoms with Crippen molar-refractivity contribution in [2.45, 2.75) is 33.1 Å². The number of azo groups is 1. The Morgan fingerprint density at radius 1 is 1.30 bits per heavy atom. The van der Waals surface area contributed by atoms with Crippen molar-refractivity contribution >= 4 is 17.7 Å². The molecular formula is C13H17N7O3. The number of hydrogen-bond donors (Lipinski definition) is 1. The Morgan fingerprint density at radius 2 is 2.04 bits per heavy atom. The summed E-state index contributed by atoms with van der Waals surface area (Å²) in [5, 5.41) is 28.9. The zero-order valence-corrected chi connectivity index (χ0v) is 12.9. The summed E-state index contributed by atoms with van der Waals surface area (Å²) in [5.74, 6) is 0.0717. The van der Waals surface area contributed by atoms with E-state index in [4.69, 9.17) is 0 Å². The van der Waals surface area contributed by atoms with E-state index in [-0.39, 0.29) is 17.7 Å². The number of aromatic nitrogens is 4. The number of nitrogens with zero attached hydrogens (tertiary/aromatic N) is 7. The molecule has 10 heteroatoms. The topological polar surface area (TPSA) is 122 Å². The molecule has 3 rings (SSSR count). The van der Waals surface area contributed by atoms with E-state index in [1.807, 2.05) is 6.92 Å². The molecule has 2 aromatic heterocycles. The maximum atomic E-state index is 12.5. The van der Waals surface area contributed by atoms with E-state index in [9.17, 15) is 9.90 Å². The zero-order valence-electron chi connectivity index (χ0n) is 12.9. The molecule has 2 aromatic rings. The first-order valence-electron chi connectivity index (χ1n) is 7.42. The van der Waals surface area contributed by atoms with Crippen LogP contribution >= 0.6 is 0 Å². The van der Waals surface area contributed by atoms with Gasteiger partial charge in [-0.3, -0.25) is 0 Å². The monoisotopic (exact) mass is 319 g/mol. The van der Waals surface area contributed by atoms with E-state index in [2.05, 4.69) is 30.1 Å². The number of carbonyl (C=O) groups excluding carboxylic acids is 1. The van der Waals surface area contributed by atoms with Crippen LogP contribution in [0.3, 0.4) is 0 Å². The fraction of sp³-hybridized carbons (Fsp3) is 0.538. The molecule has 0 unspecified atom stereocenters. The van der Waals surface area contributed by atoms with Gasteiger partial charge in [0.2, 0.25) is 0 Å². The Hall–Kier alpha value is -2.78. The quantitative estimate of drug-likeness (QED) is 0.866. The summed E-state index contributed by atoms with van der Waals surface area (Å²) >= 11 is 0. The molecule has 1 N–H and O–H groups in total. The predicted octanol–water partition coefficient (Wildman–Crippen LogP) is 2.32. The minimum atomic E-state index is -0.417. The van der Waals surface area contributed by atoms with Crippen molar-refractivity contribution in [2.75, 3.05) is 13.1 Å². The number of hydrogen-bond acceptors (Lipinski definition) is 8. The van der Waals surface area contributed by atoms with Crippen molar-refractivity contribution < 1.29 is 14.4 Å². The Morgan fingerprint density at radius 3 is 2.74 bits per heavy atom. The van der Waals surface area contributed by atoms with Crippen LogP contribution in [-0.4, -0.2) is 49.0 Å². The SMILES string of the molecule is CCc1noc(O)c1N=Nc1nnc(C)n1C(=O)N1CCCC1. The molecule has 1 amide bonds. The smallest absolute Gasteiger partial charge is 0.337 e. The van der Waals surface area contributed by atoms with E-state index in [1.165, 1.54) is 4.57 Å². The van der Waals surface area contributed by atoms with Crippen LogP contribution in [0.2, 0.25) is 0 Å². The van der Waals surface area contributed by atoms with Crippen LogP contribution in [0.15, 0.2) is 14.8 Å². The first-order valence-corrected chi connectivity index (χ1v) is 7.42. The van der Waals surface area contributed by atoms with E-state index < -0.39 is 5.95 Å². The molecular weight excluding hydrogens is 302 g/mol. The lowest BCUT2D eigenvalue weighted by atomic mass is 10.3. The highest BCUT2D eigenvalue weighted by Crippen LogP contribution is 2.32. The van der Waals surface area contributed by atoms with Crippen molar-refractivity contribution in [3.8, 4) is 5.95 Å². The largest absolute Gasteiger partial charge is 0.478 e. The van der Waals surface area contributed by atoms with Crippen molar-refractivity contribution in [3.63, 3.8) is 0 Å². The van der Waals surface area contributed by atoms with Crippen molar-refractivity contribution in [2.24, 2.45) is 10.2 Å². The van der Waals surface area contributed by atoms with Gasteiger partial charge in [-0.2, -0.15) is 0 Å². The molecule has 122 valence electrons. The van der Waals surface area contributed by atoms with E-state index in [1.54, 1.807) is 11.8 Å². The third-order valence-corrected chi connectivity index (χ3v) is 3.67. The Kier molecular flexibility index (Phi) is 4.04. The fourth-order valence-electron chi connectivity index (χ4n) is 2.43. The summed E-state index contributed by atoms with van der Waals surface area (Å²) in [6.07, 6.45) is 2.49. The van der Waals surface area contributed by atoms with E-state index >= 15 is 0 Å². The van der Waals surface area contributed by atoms with Gasteiger partial charge in [0.25, 0.3) is 5.95 Å². The van der Waals surface area contributed by atoms with Crippen LogP contribution < -0.4 is 0 Å². The maximum absolute atomic E-state index is 12.5. The third kappa shape index (κ3) is 2.79. The second-order valence-electron chi connectivity index (χ2n) is 5.20.